The average Bonchev–Trinajstić information content (AvgIpc) is 1.56. The van der Waals surface area contributed by atoms with Crippen molar-refractivity contribution in [1.82, 2.24) is 58.6 Å². The molecule has 0 saturated carbocycles. The molecule has 15 heteroatoms. The van der Waals surface area contributed by atoms with Gasteiger partial charge in [0.1, 0.15) is 33.5 Å². The van der Waals surface area contributed by atoms with Gasteiger partial charge in [0.2, 0.25) is 17.8 Å². The van der Waals surface area contributed by atoms with Crippen LogP contribution in [0.25, 0.3) is 240 Å². The summed E-state index contributed by atoms with van der Waals surface area (Å²) >= 11 is 0. The van der Waals surface area contributed by atoms with Crippen LogP contribution in [-0.4, -0.2) is 58.6 Å². The largest absolute Gasteiger partial charge is 0.456 e. The lowest BCUT2D eigenvalue weighted by molar-refractivity contribution is 0.669. The van der Waals surface area contributed by atoms with Crippen molar-refractivity contribution in [2.75, 3.05) is 0 Å². The monoisotopic (exact) mass is 1620 g/mol. The molecule has 126 heavy (non-hydrogen) atoms. The summed E-state index contributed by atoms with van der Waals surface area (Å²) in [6, 6.07) is 140. The number of hydrogen-bond acceptors (Lipinski definition) is 12. The second-order valence-electron chi connectivity index (χ2n) is 31.0. The van der Waals surface area contributed by atoms with Gasteiger partial charge in [0.25, 0.3) is 0 Å². The summed E-state index contributed by atoms with van der Waals surface area (Å²) < 4.78 is 25.6. The van der Waals surface area contributed by atoms with Crippen LogP contribution in [-0.2, 0) is 0 Å². The normalized spacial score (nSPS) is 11.7. The van der Waals surface area contributed by atoms with Crippen molar-refractivity contribution in [3.05, 3.63) is 413 Å². The van der Waals surface area contributed by atoms with E-state index in [1.54, 1.807) is 0 Å². The minimum absolute atomic E-state index is 0.556. The summed E-state index contributed by atoms with van der Waals surface area (Å²) in [7, 11) is 0. The summed E-state index contributed by atoms with van der Waals surface area (Å²) in [5.41, 5.74) is 21.4. The lowest BCUT2D eigenvalue weighted by Gasteiger charge is -2.11. The third-order valence-corrected chi connectivity index (χ3v) is 23.6. The van der Waals surface area contributed by atoms with Crippen LogP contribution in [0.4, 0.5) is 0 Å². The van der Waals surface area contributed by atoms with Gasteiger partial charge in [0.15, 0.2) is 34.9 Å². The molecule has 17 aromatic carbocycles. The second-order valence-corrected chi connectivity index (χ2v) is 31.0. The van der Waals surface area contributed by atoms with E-state index in [0.717, 1.165) is 181 Å². The number of hydrogen-bond donors (Lipinski definition) is 0. The number of para-hydroxylation sites is 4. The molecule has 0 radical (unpaired) electrons. The Labute approximate surface area is 719 Å². The zero-order valence-electron chi connectivity index (χ0n) is 67.4. The van der Waals surface area contributed by atoms with E-state index in [1.807, 2.05) is 231 Å². The van der Waals surface area contributed by atoms with Gasteiger partial charge in [-0.05, 0) is 101 Å². The molecule has 590 valence electrons. The Balaban J connectivity index is 0.000000106. The summed E-state index contributed by atoms with van der Waals surface area (Å²) in [5.74, 6) is 5.42. The van der Waals surface area contributed by atoms with Crippen LogP contribution in [0, 0.1) is 0 Å². The third-order valence-electron chi connectivity index (χ3n) is 23.6. The molecule has 0 aliphatic rings. The smallest absolute Gasteiger partial charge is 0.238 e. The van der Waals surface area contributed by atoms with E-state index in [2.05, 4.69) is 196 Å². The van der Waals surface area contributed by atoms with Crippen molar-refractivity contribution in [1.29, 1.82) is 0 Å². The Hall–Kier alpha value is -17.4. The number of nitrogens with zero attached hydrogens (tertiary/aromatic N) is 12. The Morgan fingerprint density at radius 3 is 0.825 bits per heavy atom. The molecule has 0 atom stereocenters. The summed E-state index contributed by atoms with van der Waals surface area (Å²) in [6.07, 6.45) is 0. The first-order valence-corrected chi connectivity index (χ1v) is 41.8. The fourth-order valence-electron chi connectivity index (χ4n) is 17.9. The van der Waals surface area contributed by atoms with Crippen molar-refractivity contribution >= 4 is 131 Å². The van der Waals surface area contributed by atoms with Gasteiger partial charge in [0, 0.05) is 81.9 Å². The number of rotatable bonds is 11. The van der Waals surface area contributed by atoms with Gasteiger partial charge in [-0.25, -0.2) is 15.0 Å². The van der Waals surface area contributed by atoms with Crippen LogP contribution < -0.4 is 0 Å². The Morgan fingerprint density at radius 1 is 0.159 bits per heavy atom. The van der Waals surface area contributed by atoms with Gasteiger partial charge in [0.05, 0.1) is 49.3 Å². The molecule has 0 bridgehead atoms. The molecule has 26 rings (SSSR count). The van der Waals surface area contributed by atoms with Crippen LogP contribution in [0.5, 0.6) is 0 Å². The van der Waals surface area contributed by atoms with Crippen LogP contribution in [0.3, 0.4) is 0 Å². The first kappa shape index (κ1) is 72.6. The van der Waals surface area contributed by atoms with Crippen LogP contribution in [0.2, 0.25) is 0 Å². The van der Waals surface area contributed by atoms with E-state index >= 15 is 0 Å². The number of aromatic nitrogens is 12. The van der Waals surface area contributed by atoms with Gasteiger partial charge in [-0.15, -0.1) is 0 Å². The topological polar surface area (TPSA) is 170 Å². The van der Waals surface area contributed by atoms with Crippen LogP contribution in [0.1, 0.15) is 0 Å². The van der Waals surface area contributed by atoms with Gasteiger partial charge in [-0.1, -0.05) is 334 Å². The molecule has 9 aromatic heterocycles. The molecule has 0 aliphatic carbocycles. The quantitative estimate of drug-likeness (QED) is 0.120. The van der Waals surface area contributed by atoms with Crippen LogP contribution in [0.15, 0.2) is 426 Å². The van der Waals surface area contributed by atoms with E-state index in [1.165, 1.54) is 5.56 Å². The first-order chi connectivity index (χ1) is 62.5. The average molecular weight is 1620 g/mol. The predicted octanol–water partition coefficient (Wildman–Crippen LogP) is 27.9. The van der Waals surface area contributed by atoms with Gasteiger partial charge in [-0.2, -0.15) is 29.9 Å². The molecule has 0 fully saturated rings. The molecule has 0 spiro atoms. The fraction of sp³-hybridized carbons (Fsp3) is 0. The minimum atomic E-state index is 0.556. The highest BCUT2D eigenvalue weighted by Crippen LogP contribution is 2.47. The molecule has 15 nitrogen and oxygen atoms in total. The zero-order valence-corrected chi connectivity index (χ0v) is 67.4. The van der Waals surface area contributed by atoms with E-state index < -0.39 is 0 Å². The minimum Gasteiger partial charge on any atom is -0.456 e. The molecular formula is C111H68N12O3. The maximum Gasteiger partial charge on any atom is 0.238 e. The van der Waals surface area contributed by atoms with Crippen molar-refractivity contribution in [3.63, 3.8) is 0 Å². The maximum atomic E-state index is 6.38. The standard InChI is InChI=1S/2C39H24N4O.C33H20N4O/c1-4-13-25(14-5-1)28-20-12-21-31-34(28)30-23-24-33-35(29-19-10-11-22-32(29)44-33)36(30)43(31)39-41-37(26-15-6-2-7-16-26)40-38(42-39)27-17-8-3-9-18-27;1-4-12-25(13-5-1)28-20-22-32-31(24-28)29-21-23-34-35(30-18-10-11-19-33(30)44-34)36(29)43(32)39-41-37(26-14-6-2-7-15-26)40-38(42-39)27-16-8-3-9-17-27;1-3-11-21(12-4-1)31-34-32(22-13-5-2-6-14-22)36-33(35-31)37-26-17-9-7-15-23(26)24-19-20-28-29(30(24)37)25-16-8-10-18-27(25)38-28/h2*1-24H;1-20H. The predicted molar refractivity (Wildman–Crippen MR) is 508 cm³/mol. The van der Waals surface area contributed by atoms with Crippen molar-refractivity contribution in [2.45, 2.75) is 0 Å². The molecule has 0 unspecified atom stereocenters. The zero-order chi connectivity index (χ0) is 83.1. The van der Waals surface area contributed by atoms with Gasteiger partial charge < -0.3 is 13.3 Å². The second kappa shape index (κ2) is 30.4. The molecule has 9 heterocycles. The summed E-state index contributed by atoms with van der Waals surface area (Å²) in [6.45, 7) is 0. The van der Waals surface area contributed by atoms with E-state index in [0.29, 0.717) is 52.8 Å². The number of benzene rings is 17. The van der Waals surface area contributed by atoms with Crippen molar-refractivity contribution in [2.24, 2.45) is 0 Å². The lowest BCUT2D eigenvalue weighted by atomic mass is 9.99. The maximum absolute atomic E-state index is 6.38. The summed E-state index contributed by atoms with van der Waals surface area (Å²) in [4.78, 5) is 45.5. The van der Waals surface area contributed by atoms with Crippen molar-refractivity contribution in [3.8, 4) is 108 Å². The van der Waals surface area contributed by atoms with Gasteiger partial charge >= 0.3 is 0 Å². The SMILES string of the molecule is c1ccc(-c2ccc3c(c2)c2ccc4oc5ccccc5c4c2n3-c2nc(-c3ccccc3)nc(-c3ccccc3)n2)cc1.c1ccc(-c2nc(-c3ccccc3)nc(-n3c4cccc(-c5ccccc5)c4c4ccc5oc6ccccc6c5c43)n2)cc1.c1ccc(-c2nc(-c3ccccc3)nc(-n3c4ccccc4c4ccc5oc6ccccc6c5c43)n2)cc1. The first-order valence-electron chi connectivity index (χ1n) is 41.8. The van der Waals surface area contributed by atoms with Crippen LogP contribution >= 0.6 is 0 Å². The highest BCUT2D eigenvalue weighted by atomic mass is 16.3. The molecule has 0 N–H and O–H groups in total. The number of furan rings is 3. The molecule has 0 aliphatic heterocycles. The fourth-order valence-corrected chi connectivity index (χ4v) is 17.9. The van der Waals surface area contributed by atoms with E-state index in [4.69, 9.17) is 58.1 Å². The Morgan fingerprint density at radius 2 is 0.444 bits per heavy atom. The Bertz CT molecular complexity index is 8530. The number of fused-ring (bicyclic) bond motifs is 21. The highest BCUT2D eigenvalue weighted by molar-refractivity contribution is 6.28. The Kier molecular flexibility index (Phi) is 17.5. The van der Waals surface area contributed by atoms with Gasteiger partial charge in [-0.3, -0.25) is 13.7 Å². The van der Waals surface area contributed by atoms with E-state index in [9.17, 15) is 0 Å². The third kappa shape index (κ3) is 12.5. The molecular weight excluding hydrogens is 1550 g/mol. The van der Waals surface area contributed by atoms with Crippen molar-refractivity contribution < 1.29 is 13.3 Å². The molecule has 0 amide bonds. The highest BCUT2D eigenvalue weighted by Gasteiger charge is 2.28. The molecule has 0 saturated heterocycles. The summed E-state index contributed by atoms with van der Waals surface area (Å²) in [5, 5.41) is 13.1. The molecule has 26 aromatic rings. The van der Waals surface area contributed by atoms with E-state index in [-0.39, 0.29) is 0 Å². The lowest BCUT2D eigenvalue weighted by Crippen LogP contribution is -2.06.